The van der Waals surface area contributed by atoms with Gasteiger partial charge in [0, 0.05) is 42.4 Å². The van der Waals surface area contributed by atoms with Gasteiger partial charge in [-0.25, -0.2) is 15.0 Å². The van der Waals surface area contributed by atoms with Gasteiger partial charge in [0.15, 0.2) is 0 Å². The molecule has 5 aromatic rings. The van der Waals surface area contributed by atoms with Crippen molar-refractivity contribution in [3.05, 3.63) is 87.4 Å². The molecule has 9 nitrogen and oxygen atoms in total. The Morgan fingerprint density at radius 1 is 1.14 bits per heavy atom. The largest absolute Gasteiger partial charge is 0.383 e. The van der Waals surface area contributed by atoms with E-state index in [0.29, 0.717) is 41.0 Å². The maximum atomic E-state index is 13.3. The lowest BCUT2D eigenvalue weighted by Gasteiger charge is -2.22. The van der Waals surface area contributed by atoms with Crippen LogP contribution in [0.4, 0.5) is 5.82 Å². The van der Waals surface area contributed by atoms with E-state index in [4.69, 9.17) is 17.3 Å². The number of aromatic nitrogens is 4. The zero-order valence-electron chi connectivity index (χ0n) is 19.6. The van der Waals surface area contributed by atoms with Crippen LogP contribution in [0.5, 0.6) is 0 Å². The fourth-order valence-corrected chi connectivity index (χ4v) is 5.77. The van der Waals surface area contributed by atoms with Gasteiger partial charge in [-0.3, -0.25) is 9.59 Å². The van der Waals surface area contributed by atoms with E-state index in [2.05, 4.69) is 20.3 Å². The van der Waals surface area contributed by atoms with Gasteiger partial charge in [-0.2, -0.15) is 0 Å². The van der Waals surface area contributed by atoms with Gasteiger partial charge in [0.1, 0.15) is 27.9 Å². The number of nitrogen functional groups attached to an aromatic ring is 1. The average molecular weight is 532 g/mol. The Morgan fingerprint density at radius 3 is 2.92 bits per heavy atom. The minimum absolute atomic E-state index is 0.157. The molecule has 11 heteroatoms. The number of carbonyl (C=O) groups excluding carboxylic acids is 2. The number of nitrogens with zero attached hydrogens (tertiary/aromatic N) is 5. The molecule has 1 aliphatic rings. The summed E-state index contributed by atoms with van der Waals surface area (Å²) in [7, 11) is 0. The molecule has 4 aromatic heterocycles. The summed E-state index contributed by atoms with van der Waals surface area (Å²) in [6.07, 6.45) is 6.72. The monoisotopic (exact) mass is 531 g/mol. The first-order chi connectivity index (χ1) is 18.0. The topological polar surface area (TPSA) is 119 Å². The zero-order chi connectivity index (χ0) is 25.5. The molecule has 1 saturated heterocycles. The number of imidazole rings is 1. The number of nitrogens with two attached hydrogens (primary N) is 1. The molecular weight excluding hydrogens is 510 g/mol. The highest BCUT2D eigenvalue weighted by Gasteiger charge is 2.34. The molecule has 186 valence electrons. The van der Waals surface area contributed by atoms with Gasteiger partial charge >= 0.3 is 0 Å². The Labute approximate surface area is 220 Å². The second kappa shape index (κ2) is 9.45. The number of amides is 2. The van der Waals surface area contributed by atoms with Crippen LogP contribution in [0.2, 0.25) is 5.02 Å². The van der Waals surface area contributed by atoms with Gasteiger partial charge in [0.2, 0.25) is 0 Å². The first kappa shape index (κ1) is 23.4. The van der Waals surface area contributed by atoms with Crippen molar-refractivity contribution < 1.29 is 9.59 Å². The molecule has 1 atom stereocenters. The normalized spacial score (nSPS) is 15.5. The zero-order valence-corrected chi connectivity index (χ0v) is 21.2. The number of likely N-dealkylation sites (tertiary alicyclic amines) is 1. The van der Waals surface area contributed by atoms with Crippen LogP contribution < -0.4 is 11.1 Å². The Morgan fingerprint density at radius 2 is 2.03 bits per heavy atom. The number of benzene rings is 1. The summed E-state index contributed by atoms with van der Waals surface area (Å²) in [5.41, 5.74) is 8.23. The molecule has 2 amide bonds. The molecule has 0 radical (unpaired) electrons. The highest BCUT2D eigenvalue weighted by molar-refractivity contribution is 7.09. The van der Waals surface area contributed by atoms with Crippen molar-refractivity contribution in [1.82, 2.24) is 29.6 Å². The van der Waals surface area contributed by atoms with Crippen LogP contribution in [-0.4, -0.2) is 42.6 Å². The molecule has 3 N–H and O–H groups in total. The Balaban J connectivity index is 1.15. The number of carbonyl (C=O) groups is 2. The average Bonchev–Trinajstić information content (AvgIpc) is 3.66. The van der Waals surface area contributed by atoms with E-state index in [1.165, 1.54) is 11.3 Å². The number of thiazole rings is 1. The fourth-order valence-electron chi connectivity index (χ4n) is 4.66. The SMILES string of the molecule is Nc1nccc2cc(CNC(=O)c3csc(C4CCCN4C(=O)c4cn5cc(Cl)ccc5n4)n3)ccc12. The highest BCUT2D eigenvalue weighted by Crippen LogP contribution is 2.35. The van der Waals surface area contributed by atoms with Gasteiger partial charge in [-0.15, -0.1) is 11.3 Å². The first-order valence-corrected chi connectivity index (χ1v) is 13.0. The van der Waals surface area contributed by atoms with Crippen LogP contribution >= 0.6 is 22.9 Å². The van der Waals surface area contributed by atoms with E-state index < -0.39 is 0 Å². The third-order valence-electron chi connectivity index (χ3n) is 6.50. The van der Waals surface area contributed by atoms with Crippen LogP contribution in [0.3, 0.4) is 0 Å². The van der Waals surface area contributed by atoms with E-state index in [9.17, 15) is 9.59 Å². The summed E-state index contributed by atoms with van der Waals surface area (Å²) in [6, 6.07) is 11.0. The van der Waals surface area contributed by atoms with Crippen LogP contribution in [0, 0.1) is 0 Å². The van der Waals surface area contributed by atoms with Gasteiger partial charge in [0.05, 0.1) is 11.1 Å². The van der Waals surface area contributed by atoms with E-state index in [1.54, 1.807) is 45.4 Å². The van der Waals surface area contributed by atoms with E-state index in [0.717, 1.165) is 34.2 Å². The fraction of sp³-hybridized carbons (Fsp3) is 0.192. The summed E-state index contributed by atoms with van der Waals surface area (Å²) in [5, 5.41) is 7.84. The maximum absolute atomic E-state index is 13.3. The molecule has 0 aliphatic carbocycles. The molecule has 1 fully saturated rings. The summed E-state index contributed by atoms with van der Waals surface area (Å²) in [5.74, 6) is 0.0636. The van der Waals surface area contributed by atoms with Crippen molar-refractivity contribution >= 4 is 57.0 Å². The lowest BCUT2D eigenvalue weighted by Crippen LogP contribution is -2.31. The molecule has 37 heavy (non-hydrogen) atoms. The van der Waals surface area contributed by atoms with Crippen LogP contribution in [0.15, 0.2) is 60.4 Å². The van der Waals surface area contributed by atoms with Crippen LogP contribution in [-0.2, 0) is 6.54 Å². The Bertz CT molecular complexity index is 1660. The predicted octanol–water partition coefficient (Wildman–Crippen LogP) is 4.48. The summed E-state index contributed by atoms with van der Waals surface area (Å²) in [6.45, 7) is 0.969. The number of nitrogens with one attached hydrogen (secondary N) is 1. The number of rotatable bonds is 5. The van der Waals surface area contributed by atoms with Crippen molar-refractivity contribution in [2.45, 2.75) is 25.4 Å². The number of halogens is 1. The van der Waals surface area contributed by atoms with Gasteiger partial charge in [-0.1, -0.05) is 23.7 Å². The van der Waals surface area contributed by atoms with E-state index >= 15 is 0 Å². The molecule has 0 saturated carbocycles. The smallest absolute Gasteiger partial charge is 0.274 e. The van der Waals surface area contributed by atoms with Crippen molar-refractivity contribution in [2.24, 2.45) is 0 Å². The summed E-state index contributed by atoms with van der Waals surface area (Å²) >= 11 is 7.46. The third-order valence-corrected chi connectivity index (χ3v) is 7.67. The molecule has 0 spiro atoms. The molecular formula is C26H22ClN7O2S. The molecule has 5 heterocycles. The van der Waals surface area contributed by atoms with Crippen molar-refractivity contribution in [3.8, 4) is 0 Å². The van der Waals surface area contributed by atoms with Crippen molar-refractivity contribution in [2.75, 3.05) is 12.3 Å². The first-order valence-electron chi connectivity index (χ1n) is 11.8. The lowest BCUT2D eigenvalue weighted by atomic mass is 10.1. The summed E-state index contributed by atoms with van der Waals surface area (Å²) < 4.78 is 1.74. The summed E-state index contributed by atoms with van der Waals surface area (Å²) in [4.78, 5) is 41.1. The predicted molar refractivity (Wildman–Crippen MR) is 143 cm³/mol. The second-order valence-corrected chi connectivity index (χ2v) is 10.2. The van der Waals surface area contributed by atoms with Gasteiger partial charge in [-0.05, 0) is 48.1 Å². The molecule has 6 rings (SSSR count). The number of anilines is 1. The quantitative estimate of drug-likeness (QED) is 0.345. The highest BCUT2D eigenvalue weighted by atomic mass is 35.5. The molecule has 1 aliphatic heterocycles. The number of hydrogen-bond acceptors (Lipinski definition) is 7. The Kier molecular flexibility index (Phi) is 5.97. The number of fused-ring (bicyclic) bond motifs is 2. The van der Waals surface area contributed by atoms with Gasteiger partial charge in [0.25, 0.3) is 11.8 Å². The molecule has 1 unspecified atom stereocenters. The third kappa shape index (κ3) is 4.49. The van der Waals surface area contributed by atoms with E-state index in [1.807, 2.05) is 24.3 Å². The lowest BCUT2D eigenvalue weighted by molar-refractivity contribution is 0.0730. The Hall–Kier alpha value is -4.02. The van der Waals surface area contributed by atoms with Crippen molar-refractivity contribution in [1.29, 1.82) is 0 Å². The molecule has 0 bridgehead atoms. The molecule has 1 aromatic carbocycles. The van der Waals surface area contributed by atoms with Crippen molar-refractivity contribution in [3.63, 3.8) is 0 Å². The van der Waals surface area contributed by atoms with E-state index in [-0.39, 0.29) is 17.9 Å². The van der Waals surface area contributed by atoms with Crippen LogP contribution in [0.25, 0.3) is 16.4 Å². The minimum Gasteiger partial charge on any atom is -0.383 e. The van der Waals surface area contributed by atoms with Gasteiger partial charge < -0.3 is 20.4 Å². The van der Waals surface area contributed by atoms with Crippen LogP contribution in [0.1, 0.15) is 50.4 Å². The number of hydrogen-bond donors (Lipinski definition) is 2. The second-order valence-electron chi connectivity index (χ2n) is 8.90. The number of pyridine rings is 2. The maximum Gasteiger partial charge on any atom is 0.274 e. The minimum atomic E-state index is -0.259. The standard InChI is InChI=1S/C26H22ClN7O2S/c27-17-4-6-22-31-19(13-33(22)12-17)26(36)34-9-1-2-21(34)25-32-20(14-37-25)24(35)30-11-15-3-5-18-16(10-15)7-8-29-23(18)28/h3-8,10,12-14,21H,1-2,9,11H2,(H2,28,29)(H,30,35).